The van der Waals surface area contributed by atoms with Crippen LogP contribution in [0.1, 0.15) is 0 Å². The van der Waals surface area contributed by atoms with Crippen molar-refractivity contribution in [3.8, 4) is 67.5 Å². The van der Waals surface area contributed by atoms with Crippen LogP contribution in [0.2, 0.25) is 0 Å². The van der Waals surface area contributed by atoms with E-state index in [4.69, 9.17) is 9.97 Å². The summed E-state index contributed by atoms with van der Waals surface area (Å²) < 4.78 is 4.68. The number of rotatable bonds is 7. The van der Waals surface area contributed by atoms with E-state index in [1.165, 1.54) is 43.7 Å². The molecule has 0 spiro atoms. The van der Waals surface area contributed by atoms with Crippen molar-refractivity contribution in [2.24, 2.45) is 0 Å². The topological polar surface area (TPSA) is 35.6 Å². The van der Waals surface area contributed by atoms with Gasteiger partial charge >= 0.3 is 0 Å². The highest BCUT2D eigenvalue weighted by Crippen LogP contribution is 2.42. The third-order valence-corrected chi connectivity index (χ3v) is 12.9. The minimum atomic E-state index is 0.625. The second-order valence-corrected chi connectivity index (χ2v) is 16.6. The molecule has 298 valence electrons. The summed E-state index contributed by atoms with van der Waals surface area (Å²) in [5, 5.41) is 7.39. The van der Waals surface area contributed by atoms with Crippen LogP contribution >= 0.6 is 0 Å². The van der Waals surface area contributed by atoms with E-state index < -0.39 is 0 Å². The molecule has 0 amide bonds. The summed E-state index contributed by atoms with van der Waals surface area (Å²) in [7, 11) is 0. The van der Waals surface area contributed by atoms with Crippen LogP contribution in [0.3, 0.4) is 0 Å². The molecule has 0 aliphatic carbocycles. The van der Waals surface area contributed by atoms with Gasteiger partial charge in [0.2, 0.25) is 5.95 Å². The van der Waals surface area contributed by atoms with Gasteiger partial charge in [0.25, 0.3) is 0 Å². The van der Waals surface area contributed by atoms with Crippen LogP contribution in [0.4, 0.5) is 0 Å². The molecule has 3 heterocycles. The van der Waals surface area contributed by atoms with Crippen molar-refractivity contribution in [2.45, 2.75) is 0 Å². The van der Waals surface area contributed by atoms with Gasteiger partial charge in [-0.25, -0.2) is 9.97 Å². The fraction of sp³-hybridized carbons (Fsp3) is 0. The minimum Gasteiger partial charge on any atom is -0.309 e. The maximum absolute atomic E-state index is 5.43. The fourth-order valence-electron chi connectivity index (χ4n) is 9.84. The zero-order valence-corrected chi connectivity index (χ0v) is 34.7. The normalized spacial score (nSPS) is 11.8. The van der Waals surface area contributed by atoms with Gasteiger partial charge in [-0.15, -0.1) is 0 Å². The van der Waals surface area contributed by atoms with E-state index in [0.29, 0.717) is 5.95 Å². The summed E-state index contributed by atoms with van der Waals surface area (Å²) in [4.78, 5) is 10.9. The number of nitrogens with zero attached hydrogens (tertiary/aromatic N) is 4. The first-order valence-corrected chi connectivity index (χ1v) is 21.8. The summed E-state index contributed by atoms with van der Waals surface area (Å²) in [6.07, 6.45) is 0. The van der Waals surface area contributed by atoms with Gasteiger partial charge in [-0.2, -0.15) is 0 Å². The van der Waals surface area contributed by atoms with Crippen molar-refractivity contribution < 1.29 is 0 Å². The van der Waals surface area contributed by atoms with Crippen LogP contribution in [0.15, 0.2) is 231 Å². The summed E-state index contributed by atoms with van der Waals surface area (Å²) in [6.45, 7) is 0. The Bertz CT molecular complexity index is 3750. The lowest BCUT2D eigenvalue weighted by molar-refractivity contribution is 0.996. The van der Waals surface area contributed by atoms with Crippen molar-refractivity contribution in [2.75, 3.05) is 0 Å². The lowest BCUT2D eigenvalue weighted by Gasteiger charge is -2.13. The maximum Gasteiger partial charge on any atom is 0.235 e. The predicted octanol–water partition coefficient (Wildman–Crippen LogP) is 15.6. The third-order valence-electron chi connectivity index (χ3n) is 12.9. The first-order chi connectivity index (χ1) is 31.7. The van der Waals surface area contributed by atoms with E-state index in [1.807, 2.05) is 0 Å². The van der Waals surface area contributed by atoms with Crippen molar-refractivity contribution in [1.82, 2.24) is 19.1 Å². The number of hydrogen-bond acceptors (Lipinski definition) is 2. The Hall–Kier alpha value is -8.60. The molecule has 13 rings (SSSR count). The third kappa shape index (κ3) is 5.84. The maximum atomic E-state index is 5.43. The Morgan fingerprint density at radius 1 is 0.266 bits per heavy atom. The minimum absolute atomic E-state index is 0.625. The molecule has 0 saturated carbocycles. The summed E-state index contributed by atoms with van der Waals surface area (Å²) in [5.41, 5.74) is 16.4. The van der Waals surface area contributed by atoms with Gasteiger partial charge in [-0.05, 0) is 92.7 Å². The largest absolute Gasteiger partial charge is 0.309 e. The molecule has 0 saturated heterocycles. The van der Waals surface area contributed by atoms with E-state index in [0.717, 1.165) is 72.3 Å². The van der Waals surface area contributed by atoms with Crippen LogP contribution < -0.4 is 0 Å². The van der Waals surface area contributed by atoms with Gasteiger partial charge in [0, 0.05) is 38.4 Å². The van der Waals surface area contributed by atoms with Crippen LogP contribution in [0, 0.1) is 0 Å². The van der Waals surface area contributed by atoms with E-state index in [-0.39, 0.29) is 0 Å². The second kappa shape index (κ2) is 14.5. The molecule has 13 aromatic rings. The number of aromatic nitrogens is 4. The van der Waals surface area contributed by atoms with Gasteiger partial charge < -0.3 is 4.57 Å². The molecule has 0 bridgehead atoms. The number of fused-ring (bicyclic) bond motifs is 3. The smallest absolute Gasteiger partial charge is 0.235 e. The molecular formula is C60H38N4. The van der Waals surface area contributed by atoms with Gasteiger partial charge in [0.05, 0.1) is 33.5 Å². The molecule has 0 radical (unpaired) electrons. The van der Waals surface area contributed by atoms with Gasteiger partial charge in [0.1, 0.15) is 0 Å². The molecule has 4 nitrogen and oxygen atoms in total. The lowest BCUT2D eigenvalue weighted by atomic mass is 9.97. The average Bonchev–Trinajstić information content (AvgIpc) is 3.89. The van der Waals surface area contributed by atoms with Crippen molar-refractivity contribution in [3.63, 3.8) is 0 Å². The molecule has 4 heteroatoms. The van der Waals surface area contributed by atoms with E-state index in [2.05, 4.69) is 240 Å². The molecule has 0 aliphatic rings. The molecule has 64 heavy (non-hydrogen) atoms. The molecule has 0 unspecified atom stereocenters. The number of hydrogen-bond donors (Lipinski definition) is 0. The van der Waals surface area contributed by atoms with E-state index >= 15 is 0 Å². The summed E-state index contributed by atoms with van der Waals surface area (Å²) >= 11 is 0. The van der Waals surface area contributed by atoms with Gasteiger partial charge in [-0.3, -0.25) is 4.57 Å². The van der Waals surface area contributed by atoms with Crippen LogP contribution in [0.5, 0.6) is 0 Å². The fourth-order valence-corrected chi connectivity index (χ4v) is 9.84. The van der Waals surface area contributed by atoms with Crippen molar-refractivity contribution in [1.29, 1.82) is 0 Å². The Morgan fingerprint density at radius 2 is 0.766 bits per heavy atom. The zero-order valence-electron chi connectivity index (χ0n) is 34.7. The second-order valence-electron chi connectivity index (χ2n) is 16.6. The van der Waals surface area contributed by atoms with E-state index in [1.54, 1.807) is 0 Å². The average molecular weight is 815 g/mol. The molecule has 0 aliphatic heterocycles. The quantitative estimate of drug-likeness (QED) is 0.150. The molecule has 10 aromatic carbocycles. The highest BCUT2D eigenvalue weighted by Gasteiger charge is 2.21. The standard InChI is InChI=1S/C60H38N4/c1-4-13-39(14-5-1)41-23-27-43(28-24-41)52-38-53(44-29-25-42(26-30-44)40-15-6-2-7-16-40)62-60(61-52)64-54-21-11-10-20-50(54)51-34-33-46(36-56(51)64)48-35-47-32-31-45-17-12-22-55-58(45)59(47)57(37-48)63(55)49-18-8-3-9-19-49/h1-38H. The molecule has 0 N–H and O–H groups in total. The van der Waals surface area contributed by atoms with Gasteiger partial charge in [-0.1, -0.05) is 182 Å². The van der Waals surface area contributed by atoms with Crippen molar-refractivity contribution in [3.05, 3.63) is 231 Å². The van der Waals surface area contributed by atoms with Gasteiger partial charge in [0.15, 0.2) is 0 Å². The Kier molecular flexibility index (Phi) is 8.18. The van der Waals surface area contributed by atoms with Crippen LogP contribution in [0.25, 0.3) is 122 Å². The first kappa shape index (κ1) is 36.1. The lowest BCUT2D eigenvalue weighted by Crippen LogP contribution is -2.04. The molecular weight excluding hydrogens is 777 g/mol. The zero-order chi connectivity index (χ0) is 42.1. The summed E-state index contributed by atoms with van der Waals surface area (Å²) in [6, 6.07) is 82.7. The Balaban J connectivity index is 1.02. The summed E-state index contributed by atoms with van der Waals surface area (Å²) in [5.74, 6) is 0.625. The monoisotopic (exact) mass is 814 g/mol. The molecule has 0 fully saturated rings. The number of para-hydroxylation sites is 2. The predicted molar refractivity (Wildman–Crippen MR) is 267 cm³/mol. The highest BCUT2D eigenvalue weighted by atomic mass is 15.2. The van der Waals surface area contributed by atoms with Crippen LogP contribution in [-0.4, -0.2) is 19.1 Å². The Labute approximate surface area is 369 Å². The van der Waals surface area contributed by atoms with Crippen LogP contribution in [-0.2, 0) is 0 Å². The Morgan fingerprint density at radius 3 is 1.44 bits per heavy atom. The van der Waals surface area contributed by atoms with E-state index in [9.17, 15) is 0 Å². The SMILES string of the molecule is c1ccc(-c2ccc(-c3cc(-c4ccc(-c5ccccc5)cc4)nc(-n4c5ccccc5c5ccc(-c6cc7ccc8cccc9c8c7c(c6)n9-c6ccccc6)cc54)n3)cc2)cc1. The first-order valence-electron chi connectivity index (χ1n) is 21.8. The molecule has 0 atom stereocenters. The number of benzene rings is 10. The molecule has 3 aromatic heterocycles. The highest BCUT2D eigenvalue weighted by molar-refractivity contribution is 6.25. The van der Waals surface area contributed by atoms with Crippen molar-refractivity contribution >= 4 is 54.4 Å².